The van der Waals surface area contributed by atoms with Crippen molar-refractivity contribution in [2.24, 2.45) is 11.7 Å². The monoisotopic (exact) mass is 539 g/mol. The second-order valence-corrected chi connectivity index (χ2v) is 8.94. The second-order valence-electron chi connectivity index (χ2n) is 8.94. The van der Waals surface area contributed by atoms with Crippen LogP contribution in [0, 0.1) is 5.92 Å². The van der Waals surface area contributed by atoms with Gasteiger partial charge < -0.3 is 34.2 Å². The molecule has 1 unspecified atom stereocenters. The molecule has 214 valence electrons. The SMILES string of the molecule is CCCCOC(=O)Oc1ccc(C[C@](N)(CCOC(=O)C(C)CC)C(=O)OC)cc1OC(=O)OCCCC. The largest absolute Gasteiger partial charge is 0.513 e. The van der Waals surface area contributed by atoms with Crippen LogP contribution in [-0.2, 0) is 35.0 Å². The van der Waals surface area contributed by atoms with Gasteiger partial charge in [0.1, 0.15) is 5.54 Å². The van der Waals surface area contributed by atoms with Crippen molar-refractivity contribution in [2.45, 2.75) is 78.2 Å². The second kappa shape index (κ2) is 17.2. The lowest BCUT2D eigenvalue weighted by molar-refractivity contribution is -0.153. The highest BCUT2D eigenvalue weighted by atomic mass is 16.7. The highest BCUT2D eigenvalue weighted by Crippen LogP contribution is 2.31. The number of carbonyl (C=O) groups excluding carboxylic acids is 4. The van der Waals surface area contributed by atoms with Gasteiger partial charge in [0.2, 0.25) is 0 Å². The molecule has 1 aromatic carbocycles. The van der Waals surface area contributed by atoms with Crippen LogP contribution in [0.25, 0.3) is 0 Å². The van der Waals surface area contributed by atoms with E-state index in [0.717, 1.165) is 12.8 Å². The summed E-state index contributed by atoms with van der Waals surface area (Å²) in [5.41, 5.74) is 5.31. The fourth-order valence-electron chi connectivity index (χ4n) is 3.14. The molecule has 0 aliphatic rings. The summed E-state index contributed by atoms with van der Waals surface area (Å²) < 4.78 is 30.7. The molecule has 1 rings (SSSR count). The van der Waals surface area contributed by atoms with Crippen molar-refractivity contribution < 1.29 is 47.6 Å². The van der Waals surface area contributed by atoms with Crippen LogP contribution >= 0.6 is 0 Å². The number of hydrogen-bond donors (Lipinski definition) is 1. The standard InChI is InChI=1S/C27H41NO10/c1-6-9-14-35-25(31)37-21-12-11-20(17-22(21)38-26(32)36-15-10-7-2)18-27(28,24(30)33-5)13-16-34-23(29)19(4)8-3/h11-12,17,19H,6-10,13-16,18,28H2,1-5H3/t19?,27-/m1/s1. The zero-order valence-electron chi connectivity index (χ0n) is 23.0. The van der Waals surface area contributed by atoms with Crippen LogP contribution < -0.4 is 15.2 Å². The van der Waals surface area contributed by atoms with Crippen LogP contribution in [0.1, 0.15) is 71.8 Å². The first-order valence-electron chi connectivity index (χ1n) is 13.0. The summed E-state index contributed by atoms with van der Waals surface area (Å²) in [5.74, 6) is -1.57. The minimum absolute atomic E-state index is 0.0148. The summed E-state index contributed by atoms with van der Waals surface area (Å²) >= 11 is 0. The van der Waals surface area contributed by atoms with E-state index in [1.54, 1.807) is 13.0 Å². The van der Waals surface area contributed by atoms with Crippen LogP contribution in [-0.4, -0.2) is 56.7 Å². The Morgan fingerprint density at radius 1 is 0.868 bits per heavy atom. The van der Waals surface area contributed by atoms with Crippen LogP contribution in [0.5, 0.6) is 11.5 Å². The van der Waals surface area contributed by atoms with Gasteiger partial charge in [-0.15, -0.1) is 0 Å². The number of benzene rings is 1. The number of hydrogen-bond acceptors (Lipinski definition) is 11. The zero-order chi connectivity index (χ0) is 28.6. The van der Waals surface area contributed by atoms with Crippen molar-refractivity contribution in [2.75, 3.05) is 26.9 Å². The number of unbranched alkanes of at least 4 members (excludes halogenated alkanes) is 2. The normalized spacial score (nSPS) is 13.0. The third kappa shape index (κ3) is 11.4. The van der Waals surface area contributed by atoms with Crippen molar-refractivity contribution in [1.82, 2.24) is 0 Å². The Bertz CT molecular complexity index is 919. The van der Waals surface area contributed by atoms with Crippen LogP contribution in [0.4, 0.5) is 9.59 Å². The van der Waals surface area contributed by atoms with Gasteiger partial charge in [0.15, 0.2) is 11.5 Å². The molecule has 0 bridgehead atoms. The van der Waals surface area contributed by atoms with Gasteiger partial charge in [0, 0.05) is 12.8 Å². The van der Waals surface area contributed by atoms with Gasteiger partial charge in [-0.2, -0.15) is 0 Å². The van der Waals surface area contributed by atoms with Crippen molar-refractivity contribution in [1.29, 1.82) is 0 Å². The van der Waals surface area contributed by atoms with E-state index in [-0.39, 0.29) is 56.0 Å². The molecule has 0 saturated heterocycles. The number of nitrogens with two attached hydrogens (primary N) is 1. The Labute approximate surface area is 224 Å². The first-order valence-corrected chi connectivity index (χ1v) is 13.0. The molecular formula is C27H41NO10. The molecule has 1 aromatic rings. The summed E-state index contributed by atoms with van der Waals surface area (Å²) in [6.45, 7) is 7.76. The van der Waals surface area contributed by atoms with Gasteiger partial charge in [-0.25, -0.2) is 9.59 Å². The highest BCUT2D eigenvalue weighted by molar-refractivity contribution is 5.81. The number of rotatable bonds is 16. The van der Waals surface area contributed by atoms with E-state index in [1.165, 1.54) is 19.2 Å². The van der Waals surface area contributed by atoms with E-state index in [1.807, 2.05) is 20.8 Å². The zero-order valence-corrected chi connectivity index (χ0v) is 23.0. The molecule has 0 aromatic heterocycles. The van der Waals surface area contributed by atoms with E-state index < -0.39 is 23.8 Å². The molecule has 0 fully saturated rings. The number of esters is 2. The van der Waals surface area contributed by atoms with Crippen molar-refractivity contribution in [3.63, 3.8) is 0 Å². The predicted molar refractivity (Wildman–Crippen MR) is 138 cm³/mol. The lowest BCUT2D eigenvalue weighted by Crippen LogP contribution is -2.51. The number of methoxy groups -OCH3 is 1. The van der Waals surface area contributed by atoms with Gasteiger partial charge >= 0.3 is 24.2 Å². The Kier molecular flexibility index (Phi) is 14.8. The van der Waals surface area contributed by atoms with E-state index in [0.29, 0.717) is 24.8 Å². The van der Waals surface area contributed by atoms with Crippen LogP contribution in [0.3, 0.4) is 0 Å². The Hall–Kier alpha value is -3.34. The number of ether oxygens (including phenoxy) is 6. The lowest BCUT2D eigenvalue weighted by atomic mass is 9.88. The first-order chi connectivity index (χ1) is 18.1. The Balaban J connectivity index is 3.12. The molecule has 0 aliphatic heterocycles. The average Bonchev–Trinajstić information content (AvgIpc) is 2.89. The van der Waals surface area contributed by atoms with E-state index in [4.69, 9.17) is 34.2 Å². The maximum atomic E-state index is 12.6. The minimum atomic E-state index is -1.55. The molecule has 2 atom stereocenters. The lowest BCUT2D eigenvalue weighted by Gasteiger charge is -2.27. The van der Waals surface area contributed by atoms with E-state index in [2.05, 4.69) is 0 Å². The molecule has 2 N–H and O–H groups in total. The quantitative estimate of drug-likeness (QED) is 0.135. The summed E-state index contributed by atoms with van der Waals surface area (Å²) in [5, 5.41) is 0. The van der Waals surface area contributed by atoms with Crippen LogP contribution in [0.2, 0.25) is 0 Å². The molecule has 11 heteroatoms. The maximum absolute atomic E-state index is 12.6. The molecule has 0 heterocycles. The third-order valence-corrected chi connectivity index (χ3v) is 5.75. The summed E-state index contributed by atoms with van der Waals surface area (Å²) in [6.07, 6.45) is 1.58. The van der Waals surface area contributed by atoms with Crippen LogP contribution in [0.15, 0.2) is 18.2 Å². The molecule has 0 amide bonds. The summed E-state index contributed by atoms with van der Waals surface area (Å²) in [6, 6.07) is 4.36. The van der Waals surface area contributed by atoms with Gasteiger partial charge in [0.05, 0.1) is 32.8 Å². The third-order valence-electron chi connectivity index (χ3n) is 5.75. The van der Waals surface area contributed by atoms with Crippen molar-refractivity contribution in [3.8, 4) is 11.5 Å². The van der Waals surface area contributed by atoms with Gasteiger partial charge in [-0.1, -0.05) is 46.6 Å². The van der Waals surface area contributed by atoms with E-state index in [9.17, 15) is 19.2 Å². The van der Waals surface area contributed by atoms with Gasteiger partial charge in [0.25, 0.3) is 0 Å². The summed E-state index contributed by atoms with van der Waals surface area (Å²) in [4.78, 5) is 48.9. The molecule has 0 spiro atoms. The highest BCUT2D eigenvalue weighted by Gasteiger charge is 2.36. The summed E-state index contributed by atoms with van der Waals surface area (Å²) in [7, 11) is 1.21. The minimum Gasteiger partial charge on any atom is -0.468 e. The average molecular weight is 540 g/mol. The maximum Gasteiger partial charge on any atom is 0.513 e. The molecule has 38 heavy (non-hydrogen) atoms. The van der Waals surface area contributed by atoms with E-state index >= 15 is 0 Å². The first kappa shape index (κ1) is 32.7. The predicted octanol–water partition coefficient (Wildman–Crippen LogP) is 4.71. The smallest absolute Gasteiger partial charge is 0.468 e. The number of carbonyl (C=O) groups is 4. The van der Waals surface area contributed by atoms with Gasteiger partial charge in [-0.3, -0.25) is 9.59 Å². The fraction of sp³-hybridized carbons (Fsp3) is 0.630. The Morgan fingerprint density at radius 3 is 1.97 bits per heavy atom. The molecule has 0 radical (unpaired) electrons. The Morgan fingerprint density at radius 2 is 1.45 bits per heavy atom. The molecule has 11 nitrogen and oxygen atoms in total. The molecule has 0 aliphatic carbocycles. The molecule has 0 saturated carbocycles. The fourth-order valence-corrected chi connectivity index (χ4v) is 3.14. The molecular weight excluding hydrogens is 498 g/mol. The van der Waals surface area contributed by atoms with Crippen molar-refractivity contribution >= 4 is 24.2 Å². The topological polar surface area (TPSA) is 150 Å². The van der Waals surface area contributed by atoms with Crippen molar-refractivity contribution in [3.05, 3.63) is 23.8 Å². The van der Waals surface area contributed by atoms with Gasteiger partial charge in [-0.05, 0) is 37.0 Å².